The van der Waals surface area contributed by atoms with E-state index in [0.717, 1.165) is 34.0 Å². The average molecular weight is 446 g/mol. The quantitative estimate of drug-likeness (QED) is 0.288. The van der Waals surface area contributed by atoms with Crippen LogP contribution in [0, 0.1) is 0 Å². The number of nitrogens with zero attached hydrogens (tertiary/aromatic N) is 2. The van der Waals surface area contributed by atoms with E-state index in [0.29, 0.717) is 6.54 Å². The molecule has 0 bridgehead atoms. The van der Waals surface area contributed by atoms with Gasteiger partial charge in [-0.05, 0) is 45.2 Å². The summed E-state index contributed by atoms with van der Waals surface area (Å²) in [6.45, 7) is 21.9. The molecule has 2 atom stereocenters. The van der Waals surface area contributed by atoms with Crippen LogP contribution in [0.5, 0.6) is 5.75 Å². The van der Waals surface area contributed by atoms with Crippen molar-refractivity contribution in [2.75, 3.05) is 6.54 Å². The molecule has 0 saturated carbocycles. The predicted octanol–water partition coefficient (Wildman–Crippen LogP) is 6.35. The van der Waals surface area contributed by atoms with Crippen molar-refractivity contribution in [2.24, 2.45) is 9.98 Å². The van der Waals surface area contributed by atoms with Crippen LogP contribution in [-0.4, -0.2) is 32.6 Å². The lowest BCUT2D eigenvalue weighted by atomic mass is 9.87. The molecule has 2 heterocycles. The van der Waals surface area contributed by atoms with Crippen LogP contribution in [0.25, 0.3) is 0 Å². The molecular weight excluding hydrogens is 410 g/mol. The highest BCUT2D eigenvalue weighted by Gasteiger charge is 2.39. The Morgan fingerprint density at radius 1 is 1.25 bits per heavy atom. The molecule has 2 aliphatic rings. The van der Waals surface area contributed by atoms with Gasteiger partial charge in [0.2, 0.25) is 0 Å². The summed E-state index contributed by atoms with van der Waals surface area (Å²) in [6.07, 6.45) is 7.79. The molecule has 0 spiro atoms. The zero-order valence-corrected chi connectivity index (χ0v) is 21.2. The Morgan fingerprint density at radius 3 is 2.62 bits per heavy atom. The second-order valence-electron chi connectivity index (χ2n) is 9.52. The third-order valence-corrected chi connectivity index (χ3v) is 8.40. The summed E-state index contributed by atoms with van der Waals surface area (Å²) < 4.78 is 6.35. The molecule has 1 aromatic carbocycles. The first-order valence-electron chi connectivity index (χ1n) is 11.1. The van der Waals surface area contributed by atoms with Gasteiger partial charge < -0.3 is 10.1 Å². The van der Waals surface area contributed by atoms with Crippen molar-refractivity contribution >= 4 is 20.0 Å². The number of para-hydroxylation sites is 1. The largest absolute Gasteiger partial charge is 0.484 e. The first-order chi connectivity index (χ1) is 15.1. The van der Waals surface area contributed by atoms with Gasteiger partial charge in [-0.2, -0.15) is 0 Å². The normalized spacial score (nSPS) is 21.1. The number of fused-ring (bicyclic) bond motifs is 3. The molecule has 3 rings (SSSR count). The fraction of sp³-hybridized carbons (Fsp3) is 0.333. The molecule has 168 valence electrons. The number of rotatable bonds is 8. The molecule has 0 fully saturated rings. The predicted molar refractivity (Wildman–Crippen MR) is 140 cm³/mol. The SMILES string of the molecule is C=C/C(=N/C(=C/C(=C)C)CN/C=C(\C)[Si](C)(C)C)C1=C(C)N=CC2c3ccccc3OC12. The molecule has 1 N–H and O–H groups in total. The van der Waals surface area contributed by atoms with Crippen LogP contribution >= 0.6 is 0 Å². The topological polar surface area (TPSA) is 46.0 Å². The zero-order chi connectivity index (χ0) is 23.5. The van der Waals surface area contributed by atoms with E-state index in [-0.39, 0.29) is 12.0 Å². The van der Waals surface area contributed by atoms with Gasteiger partial charge in [0.1, 0.15) is 11.9 Å². The van der Waals surface area contributed by atoms with Crippen LogP contribution in [0.3, 0.4) is 0 Å². The Morgan fingerprint density at radius 2 is 1.97 bits per heavy atom. The number of hydrogen-bond donors (Lipinski definition) is 1. The molecule has 2 aliphatic heterocycles. The lowest BCUT2D eigenvalue weighted by Crippen LogP contribution is -2.30. The van der Waals surface area contributed by atoms with E-state index in [1.807, 2.05) is 44.3 Å². The second-order valence-corrected chi connectivity index (χ2v) is 14.8. The minimum absolute atomic E-state index is 0.0871. The Labute approximate surface area is 193 Å². The van der Waals surface area contributed by atoms with Crippen molar-refractivity contribution in [2.45, 2.75) is 52.4 Å². The van der Waals surface area contributed by atoms with Crippen LogP contribution in [0.2, 0.25) is 19.6 Å². The van der Waals surface area contributed by atoms with E-state index in [2.05, 4.69) is 57.3 Å². The lowest BCUT2D eigenvalue weighted by Gasteiger charge is -2.25. The molecule has 0 amide bonds. The number of ether oxygens (including phenoxy) is 1. The number of allylic oxidation sites excluding steroid dienone is 5. The van der Waals surface area contributed by atoms with Crippen LogP contribution in [-0.2, 0) is 0 Å². The monoisotopic (exact) mass is 445 g/mol. The van der Waals surface area contributed by atoms with Crippen LogP contribution < -0.4 is 10.1 Å². The average Bonchev–Trinajstić information content (AvgIpc) is 3.09. The maximum atomic E-state index is 6.35. The van der Waals surface area contributed by atoms with Crippen LogP contribution in [0.4, 0.5) is 0 Å². The van der Waals surface area contributed by atoms with E-state index in [1.54, 1.807) is 6.08 Å². The maximum Gasteiger partial charge on any atom is 0.139 e. The van der Waals surface area contributed by atoms with Gasteiger partial charge in [0.25, 0.3) is 0 Å². The molecule has 0 aliphatic carbocycles. The minimum Gasteiger partial charge on any atom is -0.484 e. The van der Waals surface area contributed by atoms with E-state index in [4.69, 9.17) is 14.7 Å². The molecule has 4 nitrogen and oxygen atoms in total. The third kappa shape index (κ3) is 5.28. The number of aliphatic imine (C=N–C) groups is 2. The Kier molecular flexibility index (Phi) is 7.19. The number of benzene rings is 1. The van der Waals surface area contributed by atoms with Crippen molar-refractivity contribution in [1.29, 1.82) is 0 Å². The molecule has 5 heteroatoms. The maximum absolute atomic E-state index is 6.35. The van der Waals surface area contributed by atoms with Crippen molar-refractivity contribution in [1.82, 2.24) is 5.32 Å². The van der Waals surface area contributed by atoms with Gasteiger partial charge in [0, 0.05) is 23.0 Å². The highest BCUT2D eigenvalue weighted by atomic mass is 28.3. The highest BCUT2D eigenvalue weighted by Crippen LogP contribution is 2.43. The standard InChI is InChI=1S/C27H35N3OSi/c1-9-24(30-21(14-18(2)3)16-28-15-19(4)32(6,7)8)26-20(5)29-17-23-22-12-10-11-13-25(22)31-27(23)26/h9-15,17,23,27-28H,1-2,16H2,3-8H3/b19-15+,21-14+,30-24-. The van der Waals surface area contributed by atoms with Crippen molar-refractivity contribution in [3.8, 4) is 5.75 Å². The molecule has 1 aromatic rings. The summed E-state index contributed by atoms with van der Waals surface area (Å²) in [5.41, 5.74) is 5.71. The van der Waals surface area contributed by atoms with Crippen LogP contribution in [0.15, 0.2) is 93.5 Å². The summed E-state index contributed by atoms with van der Waals surface area (Å²) >= 11 is 0. The van der Waals surface area contributed by atoms with Crippen molar-refractivity contribution in [3.63, 3.8) is 0 Å². The van der Waals surface area contributed by atoms with Gasteiger partial charge in [0.05, 0.1) is 31.9 Å². The highest BCUT2D eigenvalue weighted by molar-refractivity contribution is 6.82. The lowest BCUT2D eigenvalue weighted by molar-refractivity contribution is 0.267. The first-order valence-corrected chi connectivity index (χ1v) is 14.6. The summed E-state index contributed by atoms with van der Waals surface area (Å²) in [5.74, 6) is 1.000. The third-order valence-electron chi connectivity index (χ3n) is 5.89. The Balaban J connectivity index is 1.92. The number of nitrogens with one attached hydrogen (secondary N) is 1. The first kappa shape index (κ1) is 23.7. The summed E-state index contributed by atoms with van der Waals surface area (Å²) in [5, 5.41) is 4.86. The molecule has 32 heavy (non-hydrogen) atoms. The minimum atomic E-state index is -1.32. The van der Waals surface area contributed by atoms with Gasteiger partial charge in [0.15, 0.2) is 0 Å². The van der Waals surface area contributed by atoms with Gasteiger partial charge in [-0.3, -0.25) is 9.98 Å². The van der Waals surface area contributed by atoms with E-state index in [9.17, 15) is 0 Å². The van der Waals surface area contributed by atoms with Gasteiger partial charge in [-0.1, -0.05) is 61.8 Å². The zero-order valence-electron chi connectivity index (χ0n) is 20.2. The van der Waals surface area contributed by atoms with Crippen molar-refractivity contribution < 1.29 is 4.74 Å². The van der Waals surface area contributed by atoms with E-state index < -0.39 is 8.07 Å². The van der Waals surface area contributed by atoms with Gasteiger partial charge in [-0.25, -0.2) is 0 Å². The van der Waals surface area contributed by atoms with Crippen LogP contribution in [0.1, 0.15) is 32.3 Å². The smallest absolute Gasteiger partial charge is 0.139 e. The van der Waals surface area contributed by atoms with Gasteiger partial charge >= 0.3 is 0 Å². The van der Waals surface area contributed by atoms with Crippen molar-refractivity contribution in [3.05, 3.63) is 89.1 Å². The van der Waals surface area contributed by atoms with E-state index in [1.165, 1.54) is 10.8 Å². The van der Waals surface area contributed by atoms with Gasteiger partial charge in [-0.15, -0.1) is 0 Å². The Hall–Kier alpha value is -2.92. The van der Waals surface area contributed by atoms with E-state index >= 15 is 0 Å². The molecule has 0 aromatic heterocycles. The Bertz CT molecular complexity index is 1070. The molecule has 0 radical (unpaired) electrons. The fourth-order valence-corrected chi connectivity index (χ4v) is 4.27. The summed E-state index contributed by atoms with van der Waals surface area (Å²) in [4.78, 5) is 9.69. The number of hydrogen-bond acceptors (Lipinski definition) is 4. The molecule has 0 saturated heterocycles. The molecule has 2 unspecified atom stereocenters. The summed E-state index contributed by atoms with van der Waals surface area (Å²) in [7, 11) is -1.32. The fourth-order valence-electron chi connectivity index (χ4n) is 3.73. The molecular formula is C27H35N3OSi. The summed E-state index contributed by atoms with van der Waals surface area (Å²) in [6, 6.07) is 8.17. The second kappa shape index (κ2) is 9.70.